The maximum atomic E-state index is 13.1. The molecule has 1 aliphatic heterocycles. The van der Waals surface area contributed by atoms with E-state index >= 15 is 0 Å². The molecular weight excluding hydrogens is 647 g/mol. The molecule has 1 aromatic heterocycles. The highest BCUT2D eigenvalue weighted by Crippen LogP contribution is 2.33. The molecule has 4 aromatic rings. The number of aromatic nitrogens is 2. The third-order valence-electron chi connectivity index (χ3n) is 8.71. The van der Waals surface area contributed by atoms with E-state index in [0.717, 1.165) is 47.8 Å². The van der Waals surface area contributed by atoms with E-state index in [1.807, 2.05) is 63.5 Å². The Hall–Kier alpha value is -3.70. The lowest BCUT2D eigenvalue weighted by Crippen LogP contribution is -2.48. The van der Waals surface area contributed by atoms with Gasteiger partial charge in [0.25, 0.3) is 0 Å². The Morgan fingerprint density at radius 3 is 2.42 bits per heavy atom. The number of carbonyl (C=O) groups excluding carboxylic acids is 1. The van der Waals surface area contributed by atoms with Gasteiger partial charge in [0.05, 0.1) is 56.4 Å². The second-order valence-corrected chi connectivity index (χ2v) is 21.0. The van der Waals surface area contributed by atoms with Gasteiger partial charge in [0.15, 0.2) is 0 Å². The summed E-state index contributed by atoms with van der Waals surface area (Å²) in [6, 6.07) is 25.8. The Morgan fingerprint density at radius 1 is 0.900 bits per heavy atom. The third kappa shape index (κ3) is 11.7. The van der Waals surface area contributed by atoms with Gasteiger partial charge in [-0.15, -0.1) is 0 Å². The van der Waals surface area contributed by atoms with Crippen LogP contribution in [-0.2, 0) is 38.9 Å². The monoisotopic (exact) mass is 701 g/mol. The first-order chi connectivity index (χ1) is 23.9. The smallest absolute Gasteiger partial charge is 0.410 e. The van der Waals surface area contributed by atoms with Crippen molar-refractivity contribution >= 4 is 25.2 Å². The largest absolute Gasteiger partial charge is 0.494 e. The zero-order valence-electron chi connectivity index (χ0n) is 30.7. The van der Waals surface area contributed by atoms with E-state index in [9.17, 15) is 4.79 Å². The minimum absolute atomic E-state index is 0.114. The van der Waals surface area contributed by atoms with Gasteiger partial charge in [-0.25, -0.2) is 9.78 Å². The van der Waals surface area contributed by atoms with Crippen LogP contribution in [0.5, 0.6) is 5.75 Å². The summed E-state index contributed by atoms with van der Waals surface area (Å²) in [5, 5.41) is 0. The summed E-state index contributed by atoms with van der Waals surface area (Å²) in [5.74, 6) is 0.943. The molecule has 1 aliphatic rings. The molecule has 1 saturated heterocycles. The van der Waals surface area contributed by atoms with Crippen molar-refractivity contribution in [3.63, 3.8) is 0 Å². The molecule has 0 saturated carbocycles. The summed E-state index contributed by atoms with van der Waals surface area (Å²) in [7, 11) is -1.15. The third-order valence-corrected chi connectivity index (χ3v) is 10.4. The average Bonchev–Trinajstić information content (AvgIpc) is 3.49. The highest BCUT2D eigenvalue weighted by Gasteiger charge is 2.35. The van der Waals surface area contributed by atoms with Crippen LogP contribution in [0.3, 0.4) is 0 Å². The van der Waals surface area contributed by atoms with E-state index in [1.165, 1.54) is 11.1 Å². The average molecular weight is 702 g/mol. The van der Waals surface area contributed by atoms with Crippen molar-refractivity contribution in [3.05, 3.63) is 95.8 Å². The Balaban J connectivity index is 1.19. The highest BCUT2D eigenvalue weighted by atomic mass is 28.3. The van der Waals surface area contributed by atoms with Crippen molar-refractivity contribution < 1.29 is 28.5 Å². The summed E-state index contributed by atoms with van der Waals surface area (Å²) in [6.45, 7) is 17.3. The molecule has 1 fully saturated rings. The lowest BCUT2D eigenvalue weighted by atomic mass is 9.87. The van der Waals surface area contributed by atoms with E-state index in [0.29, 0.717) is 46.2 Å². The van der Waals surface area contributed by atoms with E-state index < -0.39 is 13.7 Å². The number of piperidine rings is 1. The Bertz CT molecular complexity index is 1630. The maximum absolute atomic E-state index is 13.1. The number of imidazole rings is 1. The number of nitrogens with zero attached hydrogens (tertiary/aromatic N) is 3. The number of benzene rings is 3. The van der Waals surface area contributed by atoms with Crippen LogP contribution in [0.1, 0.15) is 56.2 Å². The minimum atomic E-state index is -1.15. The van der Waals surface area contributed by atoms with Gasteiger partial charge in [-0.05, 0) is 74.2 Å². The Kier molecular flexibility index (Phi) is 13.1. The molecule has 50 heavy (non-hydrogen) atoms. The number of carbonyl (C=O) groups is 1. The molecule has 0 bridgehead atoms. The van der Waals surface area contributed by atoms with E-state index in [-0.39, 0.29) is 18.1 Å². The Labute approximate surface area is 298 Å². The standard InChI is InChI=1S/C40H55N3O6Si/c1-40(2,3)49-39(44)42-20-19-35(33-14-16-34(17-15-33)47-22-10-21-45-27-31-11-8-7-9-12-31)38(26-42)48-28-32-13-18-36-37(25-32)43(29-41-36)30-46-23-24-50(4,5)6/h7-9,11-18,25,29,35,38H,10,19-24,26-28,30H2,1-6H3. The molecule has 270 valence electrons. The molecule has 3 aromatic carbocycles. The normalized spacial score (nSPS) is 16.9. The van der Waals surface area contributed by atoms with Crippen molar-refractivity contribution in [2.75, 3.05) is 32.9 Å². The molecule has 2 unspecified atom stereocenters. The summed E-state index contributed by atoms with van der Waals surface area (Å²) in [5.41, 5.74) is 4.77. The number of amides is 1. The van der Waals surface area contributed by atoms with Crippen LogP contribution in [0.4, 0.5) is 4.79 Å². The first-order valence-corrected chi connectivity index (χ1v) is 21.6. The highest BCUT2D eigenvalue weighted by molar-refractivity contribution is 6.76. The molecule has 10 heteroatoms. The predicted molar refractivity (Wildman–Crippen MR) is 200 cm³/mol. The van der Waals surface area contributed by atoms with Crippen LogP contribution in [-0.4, -0.2) is 73.2 Å². The van der Waals surface area contributed by atoms with E-state index in [2.05, 4.69) is 65.6 Å². The van der Waals surface area contributed by atoms with Crippen LogP contribution < -0.4 is 4.74 Å². The second-order valence-electron chi connectivity index (χ2n) is 15.4. The molecule has 0 aliphatic carbocycles. The fourth-order valence-corrected chi connectivity index (χ4v) is 6.68. The van der Waals surface area contributed by atoms with Crippen LogP contribution >= 0.6 is 0 Å². The fourth-order valence-electron chi connectivity index (χ4n) is 5.93. The van der Waals surface area contributed by atoms with Gasteiger partial charge < -0.3 is 33.2 Å². The zero-order valence-corrected chi connectivity index (χ0v) is 31.7. The molecule has 0 radical (unpaired) electrons. The van der Waals surface area contributed by atoms with Gasteiger partial charge in [-0.1, -0.05) is 68.2 Å². The lowest BCUT2D eigenvalue weighted by molar-refractivity contribution is -0.0359. The van der Waals surface area contributed by atoms with Crippen molar-refractivity contribution in [3.8, 4) is 5.75 Å². The summed E-state index contributed by atoms with van der Waals surface area (Å²) >= 11 is 0. The van der Waals surface area contributed by atoms with Crippen molar-refractivity contribution in [1.29, 1.82) is 0 Å². The summed E-state index contributed by atoms with van der Waals surface area (Å²) in [4.78, 5) is 19.4. The number of rotatable bonds is 16. The molecule has 1 amide bonds. The van der Waals surface area contributed by atoms with Gasteiger partial charge in [0.2, 0.25) is 0 Å². The van der Waals surface area contributed by atoms with Gasteiger partial charge in [-0.2, -0.15) is 0 Å². The van der Waals surface area contributed by atoms with Crippen LogP contribution in [0, 0.1) is 0 Å². The number of hydrogen-bond acceptors (Lipinski definition) is 7. The van der Waals surface area contributed by atoms with Gasteiger partial charge in [0, 0.05) is 33.6 Å². The van der Waals surface area contributed by atoms with Gasteiger partial charge >= 0.3 is 6.09 Å². The first kappa shape index (κ1) is 37.5. The SMILES string of the molecule is CC(C)(C)OC(=O)N1CCC(c2ccc(OCCCOCc3ccccc3)cc2)C(OCc2ccc3ncn(COCC[Si](C)(C)C)c3c2)C1. The van der Waals surface area contributed by atoms with Crippen LogP contribution in [0.2, 0.25) is 25.7 Å². The van der Waals surface area contributed by atoms with Crippen LogP contribution in [0.15, 0.2) is 79.1 Å². The number of ether oxygens (including phenoxy) is 5. The number of hydrogen-bond donors (Lipinski definition) is 0. The van der Waals surface area contributed by atoms with Gasteiger partial charge in [-0.3, -0.25) is 0 Å². The molecule has 5 rings (SSSR count). The van der Waals surface area contributed by atoms with Crippen LogP contribution in [0.25, 0.3) is 11.0 Å². The van der Waals surface area contributed by atoms with Gasteiger partial charge in [0.1, 0.15) is 18.1 Å². The summed E-state index contributed by atoms with van der Waals surface area (Å²) < 4.78 is 32.3. The molecule has 0 spiro atoms. The molecule has 9 nitrogen and oxygen atoms in total. The summed E-state index contributed by atoms with van der Waals surface area (Å²) in [6.07, 6.45) is 2.90. The predicted octanol–water partition coefficient (Wildman–Crippen LogP) is 8.64. The van der Waals surface area contributed by atoms with E-state index in [1.54, 1.807) is 4.90 Å². The maximum Gasteiger partial charge on any atom is 0.410 e. The molecule has 2 heterocycles. The molecule has 2 atom stereocenters. The zero-order chi connectivity index (χ0) is 35.6. The number of fused-ring (bicyclic) bond motifs is 1. The lowest BCUT2D eigenvalue weighted by Gasteiger charge is -2.39. The Morgan fingerprint density at radius 2 is 1.68 bits per heavy atom. The second kappa shape index (κ2) is 17.5. The molecule has 0 N–H and O–H groups in total. The fraction of sp³-hybridized carbons (Fsp3) is 0.500. The number of likely N-dealkylation sites (tertiary alicyclic amines) is 1. The topological polar surface area (TPSA) is 84.3 Å². The van der Waals surface area contributed by atoms with Crippen molar-refractivity contribution in [2.24, 2.45) is 0 Å². The van der Waals surface area contributed by atoms with E-state index in [4.69, 9.17) is 23.7 Å². The van der Waals surface area contributed by atoms with Crippen molar-refractivity contribution in [2.45, 2.75) is 96.9 Å². The molecular formula is C40H55N3O6Si. The minimum Gasteiger partial charge on any atom is -0.494 e. The quantitative estimate of drug-likeness (QED) is 0.0854. The van der Waals surface area contributed by atoms with Crippen molar-refractivity contribution in [1.82, 2.24) is 14.5 Å². The first-order valence-electron chi connectivity index (χ1n) is 17.9.